The predicted octanol–water partition coefficient (Wildman–Crippen LogP) is 3.95. The predicted molar refractivity (Wildman–Crippen MR) is 91.7 cm³/mol. The Morgan fingerprint density at radius 3 is 2.08 bits per heavy atom. The molecule has 7 nitrogen and oxygen atoms in total. The van der Waals surface area contributed by atoms with Gasteiger partial charge in [0.2, 0.25) is 0 Å². The summed E-state index contributed by atoms with van der Waals surface area (Å²) in [5, 5.41) is 10.7. The number of ether oxygens (including phenoxy) is 3. The molecule has 0 N–H and O–H groups in total. The Bertz CT molecular complexity index is 783. The van der Waals surface area contributed by atoms with Crippen molar-refractivity contribution in [2.75, 3.05) is 14.2 Å². The van der Waals surface area contributed by atoms with E-state index in [2.05, 4.69) is 0 Å². The number of rotatable bonds is 6. The number of hydrogen-bond donors (Lipinski definition) is 0. The lowest BCUT2D eigenvalue weighted by Gasteiger charge is -2.16. The minimum absolute atomic E-state index is 0.0999. The van der Waals surface area contributed by atoms with Crippen LogP contribution in [0.3, 0.4) is 0 Å². The van der Waals surface area contributed by atoms with Crippen molar-refractivity contribution >= 4 is 11.7 Å². The van der Waals surface area contributed by atoms with Crippen LogP contribution in [0, 0.1) is 10.1 Å². The van der Waals surface area contributed by atoms with Crippen molar-refractivity contribution in [1.29, 1.82) is 0 Å². The number of nitro benzene ring substituents is 1. The van der Waals surface area contributed by atoms with Gasteiger partial charge in [-0.15, -0.1) is 0 Å². The van der Waals surface area contributed by atoms with Crippen molar-refractivity contribution < 1.29 is 23.9 Å². The lowest BCUT2D eigenvalue weighted by Crippen LogP contribution is -2.10. The minimum atomic E-state index is -0.646. The van der Waals surface area contributed by atoms with Gasteiger partial charge < -0.3 is 14.2 Å². The number of methoxy groups -OCH3 is 2. The van der Waals surface area contributed by atoms with Crippen LogP contribution < -0.4 is 14.2 Å². The van der Waals surface area contributed by atoms with Gasteiger partial charge in [-0.1, -0.05) is 13.8 Å². The van der Waals surface area contributed by atoms with Crippen LogP contribution in [0.1, 0.15) is 35.7 Å². The highest BCUT2D eigenvalue weighted by molar-refractivity contribution is 5.91. The molecule has 0 fully saturated rings. The van der Waals surface area contributed by atoms with Gasteiger partial charge in [0.05, 0.1) is 24.7 Å². The van der Waals surface area contributed by atoms with E-state index in [1.54, 1.807) is 12.1 Å². The van der Waals surface area contributed by atoms with Crippen molar-refractivity contribution in [2.24, 2.45) is 0 Å². The van der Waals surface area contributed by atoms with E-state index >= 15 is 0 Å². The number of benzene rings is 2. The van der Waals surface area contributed by atoms with Gasteiger partial charge >= 0.3 is 5.97 Å². The Kier molecular flexibility index (Phi) is 5.59. The first-order valence-corrected chi connectivity index (χ1v) is 7.60. The normalized spacial score (nSPS) is 10.4. The van der Waals surface area contributed by atoms with Crippen molar-refractivity contribution in [3.63, 3.8) is 0 Å². The molecule has 2 rings (SSSR count). The molecule has 0 aliphatic carbocycles. The number of nitrogens with zero attached hydrogens (tertiary/aromatic N) is 1. The van der Waals surface area contributed by atoms with Crippen LogP contribution in [0.2, 0.25) is 0 Å². The monoisotopic (exact) mass is 345 g/mol. The topological polar surface area (TPSA) is 87.9 Å². The molecule has 132 valence electrons. The fraction of sp³-hybridized carbons (Fsp3) is 0.278. The Morgan fingerprint density at radius 1 is 1.00 bits per heavy atom. The molecule has 0 unspecified atom stereocenters. The van der Waals surface area contributed by atoms with Crippen molar-refractivity contribution in [2.45, 2.75) is 19.8 Å². The average Bonchev–Trinajstić information content (AvgIpc) is 2.61. The number of carbonyl (C=O) groups is 1. The minimum Gasteiger partial charge on any atom is -0.496 e. The molecule has 7 heteroatoms. The van der Waals surface area contributed by atoms with E-state index in [1.165, 1.54) is 38.5 Å². The molecule has 0 heterocycles. The largest absolute Gasteiger partial charge is 0.496 e. The molecular weight excluding hydrogens is 326 g/mol. The van der Waals surface area contributed by atoms with Crippen LogP contribution in [-0.2, 0) is 0 Å². The summed E-state index contributed by atoms with van der Waals surface area (Å²) in [4.78, 5) is 22.4. The van der Waals surface area contributed by atoms with Gasteiger partial charge in [-0.3, -0.25) is 10.1 Å². The Labute approximate surface area is 145 Å². The van der Waals surface area contributed by atoms with Crippen molar-refractivity contribution in [1.82, 2.24) is 0 Å². The molecular formula is C18H19NO6. The van der Waals surface area contributed by atoms with E-state index < -0.39 is 10.9 Å². The highest BCUT2D eigenvalue weighted by Crippen LogP contribution is 2.38. The molecule has 0 bridgehead atoms. The first kappa shape index (κ1) is 18.3. The average molecular weight is 345 g/mol. The third-order valence-electron chi connectivity index (χ3n) is 3.65. The first-order valence-electron chi connectivity index (χ1n) is 7.60. The van der Waals surface area contributed by atoms with E-state index in [1.807, 2.05) is 13.8 Å². The summed E-state index contributed by atoms with van der Waals surface area (Å²) in [5.41, 5.74) is 1.02. The zero-order valence-corrected chi connectivity index (χ0v) is 14.4. The molecule has 0 amide bonds. The second kappa shape index (κ2) is 7.65. The second-order valence-corrected chi connectivity index (χ2v) is 5.59. The maximum Gasteiger partial charge on any atom is 0.343 e. The van der Waals surface area contributed by atoms with E-state index in [9.17, 15) is 14.9 Å². The van der Waals surface area contributed by atoms with Crippen LogP contribution in [0.4, 0.5) is 5.69 Å². The molecule has 0 atom stereocenters. The zero-order valence-electron chi connectivity index (χ0n) is 14.4. The van der Waals surface area contributed by atoms with Crippen molar-refractivity contribution in [3.05, 3.63) is 57.6 Å². The molecule has 0 aliphatic rings. The van der Waals surface area contributed by atoms with Crippen LogP contribution in [0.15, 0.2) is 36.4 Å². The Balaban J connectivity index is 2.32. The van der Waals surface area contributed by atoms with Gasteiger partial charge in [-0.25, -0.2) is 4.79 Å². The summed E-state index contributed by atoms with van der Waals surface area (Å²) in [6.07, 6.45) is 0. The summed E-state index contributed by atoms with van der Waals surface area (Å²) >= 11 is 0. The molecule has 0 saturated carbocycles. The maximum absolute atomic E-state index is 12.3. The molecule has 0 aromatic heterocycles. The lowest BCUT2D eigenvalue weighted by atomic mass is 10.0. The smallest absolute Gasteiger partial charge is 0.343 e. The summed E-state index contributed by atoms with van der Waals surface area (Å²) in [6.45, 7) is 4.03. The summed E-state index contributed by atoms with van der Waals surface area (Å²) in [5.74, 6) is 0.755. The van der Waals surface area contributed by atoms with Crippen LogP contribution in [0.25, 0.3) is 0 Å². The fourth-order valence-corrected chi connectivity index (χ4v) is 2.30. The van der Waals surface area contributed by atoms with E-state index in [-0.39, 0.29) is 22.9 Å². The number of esters is 1. The third-order valence-corrected chi connectivity index (χ3v) is 3.65. The molecule has 0 aliphatic heterocycles. The fourth-order valence-electron chi connectivity index (χ4n) is 2.30. The van der Waals surface area contributed by atoms with Gasteiger partial charge in [0, 0.05) is 23.8 Å². The standard InChI is InChI=1S/C18H19NO6/c1-11(2)14-9-16(24-4)17(10-15(14)23-3)25-18(20)12-5-7-13(8-6-12)19(21)22/h5-11H,1-4H3. The second-order valence-electron chi connectivity index (χ2n) is 5.59. The first-order chi connectivity index (χ1) is 11.9. The van der Waals surface area contributed by atoms with Gasteiger partial charge in [-0.2, -0.15) is 0 Å². The summed E-state index contributed by atoms with van der Waals surface area (Å²) in [6, 6.07) is 8.53. The van der Waals surface area contributed by atoms with E-state index in [0.29, 0.717) is 11.5 Å². The summed E-state index contributed by atoms with van der Waals surface area (Å²) < 4.78 is 16.0. The van der Waals surface area contributed by atoms with Crippen molar-refractivity contribution in [3.8, 4) is 17.2 Å². The van der Waals surface area contributed by atoms with E-state index in [0.717, 1.165) is 5.56 Å². The SMILES string of the molecule is COc1cc(C(C)C)c(OC)cc1OC(=O)c1ccc([N+](=O)[O-])cc1. The zero-order chi connectivity index (χ0) is 18.6. The van der Waals surface area contributed by atoms with Crippen LogP contribution in [0.5, 0.6) is 17.2 Å². The Morgan fingerprint density at radius 2 is 1.60 bits per heavy atom. The highest BCUT2D eigenvalue weighted by atomic mass is 16.6. The molecule has 0 radical (unpaired) electrons. The van der Waals surface area contributed by atoms with Gasteiger partial charge in [0.25, 0.3) is 5.69 Å². The van der Waals surface area contributed by atoms with Gasteiger partial charge in [0.1, 0.15) is 5.75 Å². The molecule has 0 saturated heterocycles. The van der Waals surface area contributed by atoms with Gasteiger partial charge in [-0.05, 0) is 24.1 Å². The van der Waals surface area contributed by atoms with Gasteiger partial charge in [0.15, 0.2) is 11.5 Å². The van der Waals surface area contributed by atoms with Crippen LogP contribution in [-0.4, -0.2) is 25.1 Å². The van der Waals surface area contributed by atoms with E-state index in [4.69, 9.17) is 14.2 Å². The number of carbonyl (C=O) groups excluding carboxylic acids is 1. The molecule has 25 heavy (non-hydrogen) atoms. The Hall–Kier alpha value is -3.09. The lowest BCUT2D eigenvalue weighted by molar-refractivity contribution is -0.384. The number of hydrogen-bond acceptors (Lipinski definition) is 6. The summed E-state index contributed by atoms with van der Waals surface area (Å²) in [7, 11) is 3.02. The maximum atomic E-state index is 12.3. The van der Waals surface area contributed by atoms with Crippen LogP contribution >= 0.6 is 0 Å². The molecule has 0 spiro atoms. The quantitative estimate of drug-likeness (QED) is 0.341. The third kappa shape index (κ3) is 4.06. The molecule has 2 aromatic carbocycles. The number of nitro groups is 1. The molecule has 2 aromatic rings. The highest BCUT2D eigenvalue weighted by Gasteiger charge is 2.18. The number of non-ortho nitro benzene ring substituents is 1.